The molecule has 0 bridgehead atoms. The van der Waals surface area contributed by atoms with Gasteiger partial charge in [-0.15, -0.1) is 0 Å². The Hall–Kier alpha value is -0.680. The van der Waals surface area contributed by atoms with Crippen LogP contribution < -0.4 is 5.32 Å². The van der Waals surface area contributed by atoms with Crippen LogP contribution in [0.3, 0.4) is 0 Å². The van der Waals surface area contributed by atoms with E-state index in [-0.39, 0.29) is 12.5 Å². The lowest BCUT2D eigenvalue weighted by atomic mass is 10.6. The van der Waals surface area contributed by atoms with Gasteiger partial charge in [0.2, 0.25) is 5.91 Å². The number of carbonyl (C=O) groups excluding carboxylic acids is 1. The lowest BCUT2D eigenvalue weighted by Crippen LogP contribution is -2.27. The van der Waals surface area contributed by atoms with Crippen LogP contribution in [0.4, 0.5) is 0 Å². The molecule has 0 saturated carbocycles. The maximum absolute atomic E-state index is 10.7. The van der Waals surface area contributed by atoms with Gasteiger partial charge in [-0.3, -0.25) is 8.98 Å². The number of rotatable bonds is 5. The second kappa shape index (κ2) is 6.06. The van der Waals surface area contributed by atoms with Crippen LogP contribution in [0.1, 0.15) is 6.92 Å². The van der Waals surface area contributed by atoms with Gasteiger partial charge in [-0.25, -0.2) is 4.21 Å². The number of carbonyl (C=O) groups is 1. The summed E-state index contributed by atoms with van der Waals surface area (Å²) in [5, 5.41) is 3.62. The highest BCUT2D eigenvalue weighted by atomic mass is 32.2. The largest absolute Gasteiger partial charge is 0.354 e. The molecule has 1 amide bonds. The zero-order valence-electron chi connectivity index (χ0n) is 6.33. The van der Waals surface area contributed by atoms with Gasteiger partial charge in [-0.1, -0.05) is 6.58 Å². The summed E-state index contributed by atoms with van der Waals surface area (Å²) in [4.78, 5) is 10.7. The first kappa shape index (κ1) is 10.3. The van der Waals surface area contributed by atoms with Crippen LogP contribution in [0.15, 0.2) is 12.0 Å². The lowest BCUT2D eigenvalue weighted by Gasteiger charge is -1.99. The van der Waals surface area contributed by atoms with Crippen LogP contribution in [-0.2, 0) is 20.1 Å². The van der Waals surface area contributed by atoms with Gasteiger partial charge in [-0.2, -0.15) is 0 Å². The Bertz CT molecular complexity index is 169. The molecule has 5 heteroatoms. The third-order valence-corrected chi connectivity index (χ3v) is 1.44. The number of hydrogen-bond donors (Lipinski definition) is 1. The van der Waals surface area contributed by atoms with Crippen molar-refractivity contribution in [2.24, 2.45) is 0 Å². The van der Waals surface area contributed by atoms with E-state index in [2.05, 4.69) is 16.1 Å². The molecule has 0 radical (unpaired) electrons. The minimum Gasteiger partial charge on any atom is -0.354 e. The van der Waals surface area contributed by atoms with Crippen LogP contribution in [0.5, 0.6) is 0 Å². The van der Waals surface area contributed by atoms with E-state index < -0.39 is 11.1 Å². The van der Waals surface area contributed by atoms with Gasteiger partial charge in [0.15, 0.2) is 11.1 Å². The molecular weight excluding hydrogens is 166 g/mol. The molecule has 11 heavy (non-hydrogen) atoms. The van der Waals surface area contributed by atoms with Crippen molar-refractivity contribution in [2.75, 3.05) is 13.2 Å². The predicted octanol–water partition coefficient (Wildman–Crippen LogP) is -0.0537. The number of amides is 1. The standard InChI is InChI=1S/C6H11NO3S/c1-3-7-6(8)5-10-11(9)4-2/h4H,2-3,5H2,1H3,(H,7,8). The van der Waals surface area contributed by atoms with Crippen molar-refractivity contribution in [3.63, 3.8) is 0 Å². The summed E-state index contributed by atoms with van der Waals surface area (Å²) in [6, 6.07) is 0. The zero-order chi connectivity index (χ0) is 8.69. The van der Waals surface area contributed by atoms with Gasteiger partial charge in [0.25, 0.3) is 0 Å². The maximum atomic E-state index is 10.7. The molecule has 4 nitrogen and oxygen atoms in total. The molecule has 0 spiro atoms. The molecular formula is C6H11NO3S. The molecule has 64 valence electrons. The van der Waals surface area contributed by atoms with Crippen molar-refractivity contribution in [1.29, 1.82) is 0 Å². The molecule has 0 saturated heterocycles. The van der Waals surface area contributed by atoms with E-state index in [9.17, 15) is 9.00 Å². The summed E-state index contributed by atoms with van der Waals surface area (Å²) >= 11 is -1.55. The van der Waals surface area contributed by atoms with Crippen molar-refractivity contribution < 1.29 is 13.2 Å². The minimum absolute atomic E-state index is 0.188. The van der Waals surface area contributed by atoms with Crippen LogP contribution in [0, 0.1) is 0 Å². The summed E-state index contributed by atoms with van der Waals surface area (Å²) in [6.45, 7) is 5.38. The Labute approximate surface area is 68.3 Å². The quantitative estimate of drug-likeness (QED) is 0.640. The smallest absolute Gasteiger partial charge is 0.247 e. The molecule has 0 aromatic carbocycles. The fourth-order valence-corrected chi connectivity index (χ4v) is 0.727. The highest BCUT2D eigenvalue weighted by Crippen LogP contribution is 1.84. The molecule has 0 aromatic heterocycles. The summed E-state index contributed by atoms with van der Waals surface area (Å²) in [7, 11) is 0. The summed E-state index contributed by atoms with van der Waals surface area (Å²) < 4.78 is 15.1. The Morgan fingerprint density at radius 2 is 2.45 bits per heavy atom. The third-order valence-electron chi connectivity index (χ3n) is 0.816. The molecule has 0 rings (SSSR count). The average Bonchev–Trinajstić information content (AvgIpc) is 2.01. The molecule has 0 fully saturated rings. The highest BCUT2D eigenvalue weighted by Gasteiger charge is 2.00. The SMILES string of the molecule is C=CS(=O)OCC(=O)NCC. The Balaban J connectivity index is 3.45. The molecule has 0 aliphatic carbocycles. The monoisotopic (exact) mass is 177 g/mol. The van der Waals surface area contributed by atoms with E-state index >= 15 is 0 Å². The average molecular weight is 177 g/mol. The fraction of sp³-hybridized carbons (Fsp3) is 0.500. The van der Waals surface area contributed by atoms with E-state index in [0.29, 0.717) is 6.54 Å². The van der Waals surface area contributed by atoms with Gasteiger partial charge in [0.05, 0.1) is 0 Å². The molecule has 1 N–H and O–H groups in total. The van der Waals surface area contributed by atoms with E-state index in [0.717, 1.165) is 5.41 Å². The first-order valence-electron chi connectivity index (χ1n) is 3.13. The van der Waals surface area contributed by atoms with Gasteiger partial charge in [0.1, 0.15) is 6.61 Å². The first-order chi connectivity index (χ1) is 5.20. The van der Waals surface area contributed by atoms with E-state index in [4.69, 9.17) is 0 Å². The summed E-state index contributed by atoms with van der Waals surface area (Å²) in [5.41, 5.74) is 0. The first-order valence-corrected chi connectivity index (χ1v) is 4.27. The third kappa shape index (κ3) is 5.75. The van der Waals surface area contributed by atoms with Crippen molar-refractivity contribution in [3.05, 3.63) is 12.0 Å². The van der Waals surface area contributed by atoms with Crippen LogP contribution in [0.2, 0.25) is 0 Å². The lowest BCUT2D eigenvalue weighted by molar-refractivity contribution is -0.122. The van der Waals surface area contributed by atoms with Crippen molar-refractivity contribution in [3.8, 4) is 0 Å². The molecule has 1 unspecified atom stereocenters. The zero-order valence-corrected chi connectivity index (χ0v) is 7.15. The second-order valence-electron chi connectivity index (χ2n) is 1.64. The Morgan fingerprint density at radius 1 is 1.82 bits per heavy atom. The Morgan fingerprint density at radius 3 is 2.91 bits per heavy atom. The number of hydrogen-bond acceptors (Lipinski definition) is 3. The summed E-state index contributed by atoms with van der Waals surface area (Å²) in [5.74, 6) is -0.275. The van der Waals surface area contributed by atoms with Gasteiger partial charge in [-0.05, 0) is 6.92 Å². The van der Waals surface area contributed by atoms with Crippen molar-refractivity contribution in [1.82, 2.24) is 5.32 Å². The fourth-order valence-electron chi connectivity index (χ4n) is 0.408. The van der Waals surface area contributed by atoms with Gasteiger partial charge >= 0.3 is 0 Å². The molecule has 0 heterocycles. The minimum atomic E-state index is -1.55. The maximum Gasteiger partial charge on any atom is 0.247 e. The Kier molecular flexibility index (Phi) is 5.68. The number of nitrogens with one attached hydrogen (secondary N) is 1. The number of likely N-dealkylation sites (N-methyl/N-ethyl adjacent to an activating group) is 1. The van der Waals surface area contributed by atoms with Gasteiger partial charge in [0, 0.05) is 12.0 Å². The predicted molar refractivity (Wildman–Crippen MR) is 43.0 cm³/mol. The molecule has 1 atom stereocenters. The molecule has 0 aliphatic heterocycles. The van der Waals surface area contributed by atoms with Crippen LogP contribution in [-0.4, -0.2) is 23.3 Å². The van der Waals surface area contributed by atoms with Gasteiger partial charge < -0.3 is 5.32 Å². The van der Waals surface area contributed by atoms with Crippen LogP contribution >= 0.6 is 0 Å². The molecule has 0 aliphatic rings. The second-order valence-corrected chi connectivity index (χ2v) is 2.73. The van der Waals surface area contributed by atoms with E-state index in [1.165, 1.54) is 0 Å². The normalized spacial score (nSPS) is 12.1. The highest BCUT2D eigenvalue weighted by molar-refractivity contribution is 7.83. The molecule has 0 aromatic rings. The van der Waals surface area contributed by atoms with Crippen molar-refractivity contribution >= 4 is 17.0 Å². The topological polar surface area (TPSA) is 55.4 Å². The van der Waals surface area contributed by atoms with Crippen molar-refractivity contribution in [2.45, 2.75) is 6.92 Å². The summed E-state index contributed by atoms with van der Waals surface area (Å²) in [6.07, 6.45) is 0. The van der Waals surface area contributed by atoms with Crippen LogP contribution in [0.25, 0.3) is 0 Å². The van der Waals surface area contributed by atoms with E-state index in [1.54, 1.807) is 6.92 Å². The van der Waals surface area contributed by atoms with E-state index in [1.807, 2.05) is 0 Å².